The maximum atomic E-state index is 12.7. The molecule has 0 spiro atoms. The Kier molecular flexibility index (Phi) is 4.72. The van der Waals surface area contributed by atoms with Gasteiger partial charge in [0.1, 0.15) is 11.7 Å². The minimum atomic E-state index is -0.173. The first-order valence-electron chi connectivity index (χ1n) is 9.24. The van der Waals surface area contributed by atoms with Crippen LogP contribution in [-0.2, 0) is 16.1 Å². The van der Waals surface area contributed by atoms with Crippen LogP contribution in [0.25, 0.3) is 5.65 Å². The van der Waals surface area contributed by atoms with Gasteiger partial charge in [-0.05, 0) is 37.8 Å². The van der Waals surface area contributed by atoms with Gasteiger partial charge in [-0.2, -0.15) is 0 Å². The number of hydrogen-bond acceptors (Lipinski definition) is 4. The quantitative estimate of drug-likeness (QED) is 0.900. The van der Waals surface area contributed by atoms with Crippen molar-refractivity contribution in [3.8, 4) is 0 Å². The SMILES string of the molecule is Cc1cccc2nc(CNC(=O)[C@@H]3COCCN3CC3CCC3)cn12. The average molecular weight is 342 g/mol. The number of carbonyl (C=O) groups is 1. The van der Waals surface area contributed by atoms with Crippen LogP contribution in [0.15, 0.2) is 24.4 Å². The van der Waals surface area contributed by atoms with Gasteiger partial charge in [0.15, 0.2) is 0 Å². The molecule has 1 aliphatic heterocycles. The fourth-order valence-electron chi connectivity index (χ4n) is 3.68. The van der Waals surface area contributed by atoms with Crippen molar-refractivity contribution in [3.63, 3.8) is 0 Å². The number of amides is 1. The lowest BCUT2D eigenvalue weighted by Crippen LogP contribution is -2.55. The van der Waals surface area contributed by atoms with Gasteiger partial charge in [0, 0.05) is 25.0 Å². The number of nitrogens with zero attached hydrogens (tertiary/aromatic N) is 3. The predicted octanol–water partition coefficient (Wildman–Crippen LogP) is 1.76. The minimum absolute atomic E-state index is 0.0489. The molecule has 6 nitrogen and oxygen atoms in total. The molecular formula is C19H26N4O2. The smallest absolute Gasteiger partial charge is 0.240 e. The van der Waals surface area contributed by atoms with Gasteiger partial charge in [0.2, 0.25) is 5.91 Å². The van der Waals surface area contributed by atoms with Crippen molar-refractivity contribution in [1.29, 1.82) is 0 Å². The van der Waals surface area contributed by atoms with E-state index in [2.05, 4.69) is 28.2 Å². The molecule has 1 saturated heterocycles. The summed E-state index contributed by atoms with van der Waals surface area (Å²) in [6.45, 7) is 5.59. The Hall–Kier alpha value is -1.92. The lowest BCUT2D eigenvalue weighted by Gasteiger charge is -2.39. The fraction of sp³-hybridized carbons (Fsp3) is 0.579. The zero-order valence-electron chi connectivity index (χ0n) is 14.8. The maximum absolute atomic E-state index is 12.7. The van der Waals surface area contributed by atoms with E-state index in [1.807, 2.05) is 22.7 Å². The van der Waals surface area contributed by atoms with Gasteiger partial charge in [0.25, 0.3) is 0 Å². The van der Waals surface area contributed by atoms with E-state index >= 15 is 0 Å². The molecule has 3 heterocycles. The van der Waals surface area contributed by atoms with Crippen molar-refractivity contribution in [1.82, 2.24) is 19.6 Å². The topological polar surface area (TPSA) is 58.9 Å². The van der Waals surface area contributed by atoms with E-state index < -0.39 is 0 Å². The summed E-state index contributed by atoms with van der Waals surface area (Å²) in [7, 11) is 0. The van der Waals surface area contributed by atoms with Crippen LogP contribution in [-0.4, -0.2) is 52.5 Å². The van der Waals surface area contributed by atoms with Crippen LogP contribution >= 0.6 is 0 Å². The Balaban J connectivity index is 1.38. The van der Waals surface area contributed by atoms with Crippen LogP contribution in [0.1, 0.15) is 30.7 Å². The number of ether oxygens (including phenoxy) is 1. The van der Waals surface area contributed by atoms with Crippen LogP contribution in [0.4, 0.5) is 0 Å². The van der Waals surface area contributed by atoms with Crippen molar-refractivity contribution in [2.24, 2.45) is 5.92 Å². The average Bonchev–Trinajstić information content (AvgIpc) is 3.01. The van der Waals surface area contributed by atoms with E-state index in [1.54, 1.807) is 0 Å². The standard InChI is InChI=1S/C19H26N4O2/c1-14-4-2-7-18-21-16(12-23(14)18)10-20-19(24)17-13-25-9-8-22(17)11-15-5-3-6-15/h2,4,7,12,15,17H,3,5-6,8-11,13H2,1H3,(H,20,24)/t17-/m0/s1. The van der Waals surface area contributed by atoms with Crippen molar-refractivity contribution in [2.45, 2.75) is 38.8 Å². The van der Waals surface area contributed by atoms with E-state index in [1.165, 1.54) is 19.3 Å². The van der Waals surface area contributed by atoms with Crippen molar-refractivity contribution in [2.75, 3.05) is 26.3 Å². The number of pyridine rings is 1. The van der Waals surface area contributed by atoms with Gasteiger partial charge in [-0.1, -0.05) is 12.5 Å². The number of aryl methyl sites for hydroxylation is 1. The van der Waals surface area contributed by atoms with Gasteiger partial charge in [-0.15, -0.1) is 0 Å². The van der Waals surface area contributed by atoms with Gasteiger partial charge in [-0.25, -0.2) is 4.98 Å². The first-order chi connectivity index (χ1) is 12.2. The van der Waals surface area contributed by atoms with Gasteiger partial charge in [-0.3, -0.25) is 9.69 Å². The summed E-state index contributed by atoms with van der Waals surface area (Å²) >= 11 is 0. The highest BCUT2D eigenvalue weighted by atomic mass is 16.5. The van der Waals surface area contributed by atoms with E-state index in [4.69, 9.17) is 4.74 Å². The van der Waals surface area contributed by atoms with Gasteiger partial charge < -0.3 is 14.5 Å². The van der Waals surface area contributed by atoms with Gasteiger partial charge >= 0.3 is 0 Å². The molecule has 0 radical (unpaired) electrons. The summed E-state index contributed by atoms with van der Waals surface area (Å²) in [5.74, 6) is 0.808. The Morgan fingerprint density at radius 3 is 3.04 bits per heavy atom. The third-order valence-electron chi connectivity index (χ3n) is 5.45. The summed E-state index contributed by atoms with van der Waals surface area (Å²) < 4.78 is 7.61. The van der Waals surface area contributed by atoms with Crippen LogP contribution in [0, 0.1) is 12.8 Å². The highest BCUT2D eigenvalue weighted by molar-refractivity contribution is 5.82. The normalized spacial score (nSPS) is 22.0. The number of fused-ring (bicyclic) bond motifs is 1. The highest BCUT2D eigenvalue weighted by Crippen LogP contribution is 2.28. The Morgan fingerprint density at radius 1 is 1.40 bits per heavy atom. The zero-order chi connectivity index (χ0) is 17.2. The van der Waals surface area contributed by atoms with E-state index in [9.17, 15) is 4.79 Å². The van der Waals surface area contributed by atoms with E-state index in [0.717, 1.165) is 42.6 Å². The predicted molar refractivity (Wildman–Crippen MR) is 95.3 cm³/mol. The fourth-order valence-corrected chi connectivity index (χ4v) is 3.68. The molecule has 1 amide bonds. The van der Waals surface area contributed by atoms with Crippen molar-refractivity contribution < 1.29 is 9.53 Å². The van der Waals surface area contributed by atoms with Crippen molar-refractivity contribution in [3.05, 3.63) is 35.8 Å². The lowest BCUT2D eigenvalue weighted by molar-refractivity contribution is -0.133. The van der Waals surface area contributed by atoms with Crippen molar-refractivity contribution >= 4 is 11.6 Å². The second-order valence-electron chi connectivity index (χ2n) is 7.23. The summed E-state index contributed by atoms with van der Waals surface area (Å²) in [6.07, 6.45) is 5.92. The molecule has 2 aliphatic rings. The van der Waals surface area contributed by atoms with E-state index in [0.29, 0.717) is 13.2 Å². The zero-order valence-corrected chi connectivity index (χ0v) is 14.8. The number of carbonyl (C=O) groups excluding carboxylic acids is 1. The molecule has 1 N–H and O–H groups in total. The molecular weight excluding hydrogens is 316 g/mol. The summed E-state index contributed by atoms with van der Waals surface area (Å²) in [4.78, 5) is 19.6. The molecule has 6 heteroatoms. The molecule has 2 aromatic rings. The van der Waals surface area contributed by atoms with Crippen LogP contribution in [0.3, 0.4) is 0 Å². The van der Waals surface area contributed by atoms with Gasteiger partial charge in [0.05, 0.1) is 25.5 Å². The second kappa shape index (κ2) is 7.14. The first kappa shape index (κ1) is 16.5. The molecule has 2 aromatic heterocycles. The highest BCUT2D eigenvalue weighted by Gasteiger charge is 2.32. The number of morpholine rings is 1. The molecule has 1 saturated carbocycles. The number of nitrogens with one attached hydrogen (secondary N) is 1. The first-order valence-corrected chi connectivity index (χ1v) is 9.24. The number of imidazole rings is 1. The van der Waals surface area contributed by atoms with Crippen LogP contribution in [0.2, 0.25) is 0 Å². The number of aromatic nitrogens is 2. The molecule has 25 heavy (non-hydrogen) atoms. The molecule has 1 atom stereocenters. The Labute approximate surface area is 148 Å². The molecule has 134 valence electrons. The Morgan fingerprint density at radius 2 is 2.28 bits per heavy atom. The summed E-state index contributed by atoms with van der Waals surface area (Å²) in [5.41, 5.74) is 2.93. The third-order valence-corrected chi connectivity index (χ3v) is 5.45. The maximum Gasteiger partial charge on any atom is 0.240 e. The summed E-state index contributed by atoms with van der Waals surface area (Å²) in [5, 5.41) is 3.05. The third kappa shape index (κ3) is 3.55. The summed E-state index contributed by atoms with van der Waals surface area (Å²) in [6, 6.07) is 5.85. The van der Waals surface area contributed by atoms with Crippen LogP contribution < -0.4 is 5.32 Å². The number of rotatable bonds is 5. The molecule has 4 rings (SSSR count). The minimum Gasteiger partial charge on any atom is -0.378 e. The monoisotopic (exact) mass is 342 g/mol. The Bertz CT molecular complexity index is 753. The molecule has 0 bridgehead atoms. The molecule has 0 aromatic carbocycles. The van der Waals surface area contributed by atoms with E-state index in [-0.39, 0.29) is 11.9 Å². The van der Waals surface area contributed by atoms with Crippen LogP contribution in [0.5, 0.6) is 0 Å². The molecule has 2 fully saturated rings. The second-order valence-corrected chi connectivity index (χ2v) is 7.23. The molecule has 1 aliphatic carbocycles. The largest absolute Gasteiger partial charge is 0.378 e. The molecule has 0 unspecified atom stereocenters. The number of hydrogen-bond donors (Lipinski definition) is 1. The lowest BCUT2D eigenvalue weighted by atomic mass is 9.84.